The van der Waals surface area contributed by atoms with E-state index in [1.165, 1.54) is 24.2 Å². The van der Waals surface area contributed by atoms with Crippen molar-refractivity contribution in [2.45, 2.75) is 46.0 Å². The zero-order chi connectivity index (χ0) is 13.6. The molecule has 1 fully saturated rings. The Bertz CT molecular complexity index is 299. The molecule has 0 spiro atoms. The van der Waals surface area contributed by atoms with Crippen molar-refractivity contribution in [2.24, 2.45) is 5.41 Å². The quantitative estimate of drug-likeness (QED) is 0.791. The van der Waals surface area contributed by atoms with E-state index >= 15 is 0 Å². The number of hydrogen-bond acceptors (Lipinski definition) is 2. The third kappa shape index (κ3) is 4.55. The first-order valence-corrected chi connectivity index (χ1v) is 6.71. The SMILES string of the molecule is CCN(CC(=O)O)C(=O)NCC1(C)CCCCC1. The molecular weight excluding hydrogens is 232 g/mol. The number of nitrogens with one attached hydrogen (secondary N) is 1. The molecule has 0 aliphatic heterocycles. The topological polar surface area (TPSA) is 69.6 Å². The van der Waals surface area contributed by atoms with Crippen LogP contribution in [0.4, 0.5) is 4.79 Å². The van der Waals surface area contributed by atoms with Crippen LogP contribution in [0.2, 0.25) is 0 Å². The van der Waals surface area contributed by atoms with Gasteiger partial charge in [0.25, 0.3) is 0 Å². The van der Waals surface area contributed by atoms with E-state index in [0.29, 0.717) is 13.1 Å². The van der Waals surface area contributed by atoms with Crippen molar-refractivity contribution < 1.29 is 14.7 Å². The van der Waals surface area contributed by atoms with E-state index in [2.05, 4.69) is 12.2 Å². The number of amides is 2. The Morgan fingerprint density at radius 2 is 1.89 bits per heavy atom. The highest BCUT2D eigenvalue weighted by Crippen LogP contribution is 2.34. The van der Waals surface area contributed by atoms with Gasteiger partial charge in [-0.1, -0.05) is 26.2 Å². The average Bonchev–Trinajstić information content (AvgIpc) is 2.34. The van der Waals surface area contributed by atoms with Crippen LogP contribution in [0, 0.1) is 5.41 Å². The largest absolute Gasteiger partial charge is 0.480 e. The Morgan fingerprint density at radius 1 is 1.28 bits per heavy atom. The minimum absolute atomic E-state index is 0.177. The maximum atomic E-state index is 11.8. The van der Waals surface area contributed by atoms with Crippen molar-refractivity contribution in [1.82, 2.24) is 10.2 Å². The van der Waals surface area contributed by atoms with Gasteiger partial charge in [-0.2, -0.15) is 0 Å². The predicted octanol–water partition coefficient (Wildman–Crippen LogP) is 2.07. The molecule has 0 saturated heterocycles. The number of urea groups is 1. The van der Waals surface area contributed by atoms with Crippen LogP contribution in [0.15, 0.2) is 0 Å². The molecule has 1 saturated carbocycles. The summed E-state index contributed by atoms with van der Waals surface area (Å²) in [7, 11) is 0. The number of nitrogens with zero attached hydrogens (tertiary/aromatic N) is 1. The molecular formula is C13H24N2O3. The number of hydrogen-bond donors (Lipinski definition) is 2. The zero-order valence-electron chi connectivity index (χ0n) is 11.4. The lowest BCUT2D eigenvalue weighted by Crippen LogP contribution is -2.46. The average molecular weight is 256 g/mol. The molecule has 1 aliphatic rings. The number of aliphatic carboxylic acids is 1. The number of carboxylic acid groups (broad SMARTS) is 1. The Balaban J connectivity index is 2.40. The molecule has 0 aromatic carbocycles. The van der Waals surface area contributed by atoms with E-state index in [-0.39, 0.29) is 18.0 Å². The molecule has 5 heteroatoms. The van der Waals surface area contributed by atoms with Crippen molar-refractivity contribution >= 4 is 12.0 Å². The summed E-state index contributed by atoms with van der Waals surface area (Å²) in [6, 6.07) is -0.272. The summed E-state index contributed by atoms with van der Waals surface area (Å²) in [6.07, 6.45) is 6.00. The molecule has 0 radical (unpaired) electrons. The highest BCUT2D eigenvalue weighted by atomic mass is 16.4. The van der Waals surface area contributed by atoms with Crippen LogP contribution >= 0.6 is 0 Å². The first kappa shape index (κ1) is 14.8. The van der Waals surface area contributed by atoms with E-state index in [0.717, 1.165) is 12.8 Å². The van der Waals surface area contributed by atoms with Gasteiger partial charge < -0.3 is 15.3 Å². The van der Waals surface area contributed by atoms with Crippen LogP contribution in [0.3, 0.4) is 0 Å². The van der Waals surface area contributed by atoms with Crippen molar-refractivity contribution in [3.05, 3.63) is 0 Å². The lowest BCUT2D eigenvalue weighted by atomic mass is 9.76. The fourth-order valence-corrected chi connectivity index (χ4v) is 2.47. The minimum Gasteiger partial charge on any atom is -0.480 e. The van der Waals surface area contributed by atoms with Gasteiger partial charge in [-0.25, -0.2) is 4.79 Å². The molecule has 18 heavy (non-hydrogen) atoms. The van der Waals surface area contributed by atoms with E-state index < -0.39 is 5.97 Å². The molecule has 0 aromatic rings. The van der Waals surface area contributed by atoms with Crippen molar-refractivity contribution in [3.8, 4) is 0 Å². The third-order valence-electron chi connectivity index (χ3n) is 3.72. The Labute approximate surface area is 109 Å². The maximum absolute atomic E-state index is 11.8. The van der Waals surface area contributed by atoms with Crippen LogP contribution < -0.4 is 5.32 Å². The van der Waals surface area contributed by atoms with Crippen LogP contribution in [0.25, 0.3) is 0 Å². The normalized spacial score (nSPS) is 18.1. The monoisotopic (exact) mass is 256 g/mol. The predicted molar refractivity (Wildman–Crippen MR) is 69.5 cm³/mol. The van der Waals surface area contributed by atoms with Crippen molar-refractivity contribution in [2.75, 3.05) is 19.6 Å². The summed E-state index contributed by atoms with van der Waals surface area (Å²) < 4.78 is 0. The molecule has 1 rings (SSSR count). The van der Waals surface area contributed by atoms with Gasteiger partial charge in [-0.3, -0.25) is 4.79 Å². The van der Waals surface area contributed by atoms with Gasteiger partial charge in [0.05, 0.1) is 0 Å². The molecule has 0 atom stereocenters. The molecule has 2 N–H and O–H groups in total. The zero-order valence-corrected chi connectivity index (χ0v) is 11.4. The molecule has 0 unspecified atom stereocenters. The van der Waals surface area contributed by atoms with Gasteiger partial charge in [0.1, 0.15) is 6.54 Å². The van der Waals surface area contributed by atoms with Gasteiger partial charge in [0, 0.05) is 13.1 Å². The van der Waals surface area contributed by atoms with Crippen molar-refractivity contribution in [3.63, 3.8) is 0 Å². The lowest BCUT2D eigenvalue weighted by Gasteiger charge is -2.34. The Hall–Kier alpha value is -1.26. The fourth-order valence-electron chi connectivity index (χ4n) is 2.47. The molecule has 0 aromatic heterocycles. The second kappa shape index (κ2) is 6.61. The summed E-state index contributed by atoms with van der Waals surface area (Å²) in [5.41, 5.74) is 0.177. The lowest BCUT2D eigenvalue weighted by molar-refractivity contribution is -0.137. The second-order valence-electron chi connectivity index (χ2n) is 5.44. The molecule has 1 aliphatic carbocycles. The van der Waals surface area contributed by atoms with Gasteiger partial charge in [-0.15, -0.1) is 0 Å². The second-order valence-corrected chi connectivity index (χ2v) is 5.44. The smallest absolute Gasteiger partial charge is 0.323 e. The van der Waals surface area contributed by atoms with Crippen LogP contribution in [-0.2, 0) is 4.79 Å². The molecule has 0 heterocycles. The number of likely N-dealkylation sites (N-methyl/N-ethyl adjacent to an activating group) is 1. The van der Waals surface area contributed by atoms with Gasteiger partial charge in [0.2, 0.25) is 0 Å². The van der Waals surface area contributed by atoms with Crippen LogP contribution in [0.1, 0.15) is 46.0 Å². The van der Waals surface area contributed by atoms with Gasteiger partial charge in [-0.05, 0) is 25.2 Å². The van der Waals surface area contributed by atoms with Gasteiger partial charge >= 0.3 is 12.0 Å². The summed E-state index contributed by atoms with van der Waals surface area (Å²) >= 11 is 0. The van der Waals surface area contributed by atoms with E-state index in [4.69, 9.17) is 5.11 Å². The maximum Gasteiger partial charge on any atom is 0.323 e. The van der Waals surface area contributed by atoms with E-state index in [9.17, 15) is 9.59 Å². The molecule has 2 amide bonds. The summed E-state index contributed by atoms with van der Waals surface area (Å²) in [5.74, 6) is -0.976. The Kier molecular flexibility index (Phi) is 5.44. The summed E-state index contributed by atoms with van der Waals surface area (Å²) in [6.45, 7) is 4.79. The van der Waals surface area contributed by atoms with E-state index in [1.807, 2.05) is 0 Å². The molecule has 5 nitrogen and oxygen atoms in total. The standard InChI is InChI=1S/C13H24N2O3/c1-3-15(9-11(16)17)12(18)14-10-13(2)7-5-4-6-8-13/h3-10H2,1-2H3,(H,14,18)(H,16,17). The number of carboxylic acids is 1. The highest BCUT2D eigenvalue weighted by molar-refractivity contribution is 5.80. The van der Waals surface area contributed by atoms with Crippen LogP contribution in [-0.4, -0.2) is 41.6 Å². The third-order valence-corrected chi connectivity index (χ3v) is 3.72. The number of rotatable bonds is 5. The number of carbonyl (C=O) groups excluding carboxylic acids is 1. The number of carbonyl (C=O) groups is 2. The fraction of sp³-hybridized carbons (Fsp3) is 0.846. The van der Waals surface area contributed by atoms with Crippen LogP contribution in [0.5, 0.6) is 0 Å². The first-order chi connectivity index (χ1) is 8.47. The highest BCUT2D eigenvalue weighted by Gasteiger charge is 2.27. The molecule has 104 valence electrons. The summed E-state index contributed by atoms with van der Waals surface area (Å²) in [4.78, 5) is 23.8. The summed E-state index contributed by atoms with van der Waals surface area (Å²) in [5, 5.41) is 11.6. The van der Waals surface area contributed by atoms with Crippen molar-refractivity contribution in [1.29, 1.82) is 0 Å². The minimum atomic E-state index is -0.976. The van der Waals surface area contributed by atoms with E-state index in [1.54, 1.807) is 6.92 Å². The Morgan fingerprint density at radius 3 is 2.39 bits per heavy atom. The molecule has 0 bridgehead atoms. The first-order valence-electron chi connectivity index (χ1n) is 6.71. The van der Waals surface area contributed by atoms with Gasteiger partial charge in [0.15, 0.2) is 0 Å².